The molecule has 4 nitrogen and oxygen atoms in total. The lowest BCUT2D eigenvalue weighted by Gasteiger charge is -2.18. The number of aryl methyl sites for hydroxylation is 1. The van der Waals surface area contributed by atoms with E-state index in [-0.39, 0.29) is 12.0 Å². The van der Waals surface area contributed by atoms with Crippen molar-refractivity contribution in [2.45, 2.75) is 32.5 Å². The van der Waals surface area contributed by atoms with Gasteiger partial charge in [0.05, 0.1) is 17.6 Å². The second-order valence-electron chi connectivity index (χ2n) is 7.24. The Morgan fingerprint density at radius 2 is 2.14 bits per heavy atom. The lowest BCUT2D eigenvalue weighted by molar-refractivity contribution is -0.123. The molecule has 2 aromatic carbocycles. The molecule has 2 saturated heterocycles. The molecule has 1 atom stereocenters. The molecule has 1 amide bonds. The maximum absolute atomic E-state index is 12.9. The van der Waals surface area contributed by atoms with Gasteiger partial charge in [-0.2, -0.15) is 0 Å². The summed E-state index contributed by atoms with van der Waals surface area (Å²) in [5, 5.41) is 0. The van der Waals surface area contributed by atoms with Crippen LogP contribution in [-0.2, 0) is 16.1 Å². The molecule has 0 N–H and O–H groups in total. The zero-order valence-corrected chi connectivity index (χ0v) is 17.9. The molecule has 0 spiro atoms. The first-order valence-electron chi connectivity index (χ1n) is 9.74. The molecule has 29 heavy (non-hydrogen) atoms. The standard InChI is InChI=1S/C23H23NO3S2/c1-16-6-4-7-17(12-16)15-27-20-10-3-2-8-18(20)13-21-22(25)24(23(28)29-21)14-19-9-5-11-26-19/h2-4,6-8,10,12-13,19H,5,9,11,14-15H2,1H3/b21-13-/t19-/m1/s1. The van der Waals surface area contributed by atoms with Gasteiger partial charge in [-0.05, 0) is 37.5 Å². The van der Waals surface area contributed by atoms with Gasteiger partial charge in [0.1, 0.15) is 16.7 Å². The van der Waals surface area contributed by atoms with Gasteiger partial charge in [-0.25, -0.2) is 0 Å². The number of hydrogen-bond acceptors (Lipinski definition) is 5. The molecular formula is C23H23NO3S2. The first kappa shape index (κ1) is 20.1. The first-order valence-corrected chi connectivity index (χ1v) is 11.0. The van der Waals surface area contributed by atoms with Crippen molar-refractivity contribution in [1.82, 2.24) is 4.90 Å². The molecule has 2 aliphatic heterocycles. The van der Waals surface area contributed by atoms with E-state index in [1.165, 1.54) is 17.3 Å². The van der Waals surface area contributed by atoms with Crippen LogP contribution in [0.5, 0.6) is 5.75 Å². The lowest BCUT2D eigenvalue weighted by Crippen LogP contribution is -2.35. The summed E-state index contributed by atoms with van der Waals surface area (Å²) in [4.78, 5) is 15.2. The molecule has 0 saturated carbocycles. The predicted molar refractivity (Wildman–Crippen MR) is 121 cm³/mol. The van der Waals surface area contributed by atoms with E-state index in [4.69, 9.17) is 21.7 Å². The van der Waals surface area contributed by atoms with Gasteiger partial charge in [-0.3, -0.25) is 9.69 Å². The van der Waals surface area contributed by atoms with Gasteiger partial charge >= 0.3 is 0 Å². The maximum Gasteiger partial charge on any atom is 0.266 e. The fraction of sp³-hybridized carbons (Fsp3) is 0.304. The van der Waals surface area contributed by atoms with Crippen molar-refractivity contribution in [2.24, 2.45) is 0 Å². The molecule has 2 heterocycles. The normalized spacial score (nSPS) is 20.7. The Morgan fingerprint density at radius 3 is 2.93 bits per heavy atom. The SMILES string of the molecule is Cc1cccc(COc2ccccc2/C=C2\SC(=S)N(C[C@H]3CCCO3)C2=O)c1. The zero-order chi connectivity index (χ0) is 20.2. The highest BCUT2D eigenvalue weighted by atomic mass is 32.2. The molecule has 2 aliphatic rings. The number of amides is 1. The van der Waals surface area contributed by atoms with Crippen LogP contribution in [0.2, 0.25) is 0 Å². The average molecular weight is 426 g/mol. The minimum atomic E-state index is -0.0519. The van der Waals surface area contributed by atoms with E-state index in [0.717, 1.165) is 36.3 Å². The van der Waals surface area contributed by atoms with Crippen molar-refractivity contribution in [1.29, 1.82) is 0 Å². The van der Waals surface area contributed by atoms with Crippen molar-refractivity contribution in [3.8, 4) is 5.75 Å². The summed E-state index contributed by atoms with van der Waals surface area (Å²) >= 11 is 6.79. The summed E-state index contributed by atoms with van der Waals surface area (Å²) in [6.07, 6.45) is 3.98. The number of hydrogen-bond donors (Lipinski definition) is 0. The summed E-state index contributed by atoms with van der Waals surface area (Å²) in [6.45, 7) is 3.84. The van der Waals surface area contributed by atoms with Gasteiger partial charge in [0.15, 0.2) is 0 Å². The Labute approximate surface area is 180 Å². The van der Waals surface area contributed by atoms with Gasteiger partial charge in [0, 0.05) is 12.2 Å². The van der Waals surface area contributed by atoms with Gasteiger partial charge in [0.2, 0.25) is 0 Å². The summed E-state index contributed by atoms with van der Waals surface area (Å²) in [6, 6.07) is 16.0. The Morgan fingerprint density at radius 1 is 1.28 bits per heavy atom. The number of ether oxygens (including phenoxy) is 2. The predicted octanol–water partition coefficient (Wildman–Crippen LogP) is 4.95. The minimum absolute atomic E-state index is 0.0519. The highest BCUT2D eigenvalue weighted by Gasteiger charge is 2.34. The number of carbonyl (C=O) groups is 1. The van der Waals surface area contributed by atoms with E-state index >= 15 is 0 Å². The van der Waals surface area contributed by atoms with Crippen molar-refractivity contribution >= 4 is 40.3 Å². The van der Waals surface area contributed by atoms with Crippen LogP contribution >= 0.6 is 24.0 Å². The Balaban J connectivity index is 1.49. The molecule has 0 radical (unpaired) electrons. The zero-order valence-electron chi connectivity index (χ0n) is 16.3. The van der Waals surface area contributed by atoms with E-state index in [2.05, 4.69) is 19.1 Å². The monoisotopic (exact) mass is 425 g/mol. The summed E-state index contributed by atoms with van der Waals surface area (Å²) in [7, 11) is 0. The Bertz CT molecular complexity index is 951. The van der Waals surface area contributed by atoms with Crippen LogP contribution in [0.15, 0.2) is 53.4 Å². The van der Waals surface area contributed by atoms with Crippen LogP contribution < -0.4 is 4.74 Å². The summed E-state index contributed by atoms with van der Waals surface area (Å²) < 4.78 is 12.3. The lowest BCUT2D eigenvalue weighted by atomic mass is 10.1. The number of benzene rings is 2. The third-order valence-electron chi connectivity index (χ3n) is 4.97. The van der Waals surface area contributed by atoms with Crippen LogP contribution in [0.3, 0.4) is 0 Å². The molecule has 0 aliphatic carbocycles. The van der Waals surface area contributed by atoms with E-state index in [1.54, 1.807) is 4.90 Å². The molecule has 2 aromatic rings. The maximum atomic E-state index is 12.9. The summed E-state index contributed by atoms with van der Waals surface area (Å²) in [5.41, 5.74) is 3.19. The van der Waals surface area contributed by atoms with Gasteiger partial charge in [-0.1, -0.05) is 72.0 Å². The molecule has 0 unspecified atom stereocenters. The average Bonchev–Trinajstić information content (AvgIpc) is 3.32. The summed E-state index contributed by atoms with van der Waals surface area (Å²) in [5.74, 6) is 0.697. The van der Waals surface area contributed by atoms with E-state index < -0.39 is 0 Å². The van der Waals surface area contributed by atoms with Gasteiger partial charge in [-0.15, -0.1) is 0 Å². The van der Waals surface area contributed by atoms with Crippen LogP contribution in [-0.4, -0.2) is 34.4 Å². The van der Waals surface area contributed by atoms with Crippen LogP contribution in [0.25, 0.3) is 6.08 Å². The molecular weight excluding hydrogens is 402 g/mol. The molecule has 0 aromatic heterocycles. The molecule has 0 bridgehead atoms. The van der Waals surface area contributed by atoms with Crippen LogP contribution in [0.4, 0.5) is 0 Å². The van der Waals surface area contributed by atoms with Crippen LogP contribution in [0, 0.1) is 6.92 Å². The largest absolute Gasteiger partial charge is 0.488 e. The minimum Gasteiger partial charge on any atom is -0.488 e. The second kappa shape index (κ2) is 9.11. The molecule has 150 valence electrons. The quantitative estimate of drug-likeness (QED) is 0.483. The fourth-order valence-electron chi connectivity index (χ4n) is 3.48. The number of nitrogens with zero attached hydrogens (tertiary/aromatic N) is 1. The molecule has 4 rings (SSSR count). The van der Waals surface area contributed by atoms with Crippen molar-refractivity contribution < 1.29 is 14.3 Å². The van der Waals surface area contributed by atoms with E-state index in [0.29, 0.717) is 22.4 Å². The number of rotatable bonds is 6. The highest BCUT2D eigenvalue weighted by Crippen LogP contribution is 2.35. The second-order valence-corrected chi connectivity index (χ2v) is 8.92. The Kier molecular flexibility index (Phi) is 6.33. The molecule has 6 heteroatoms. The first-order chi connectivity index (χ1) is 14.1. The smallest absolute Gasteiger partial charge is 0.266 e. The van der Waals surface area contributed by atoms with Gasteiger partial charge in [0.25, 0.3) is 5.91 Å². The topological polar surface area (TPSA) is 38.8 Å². The third-order valence-corrected chi connectivity index (χ3v) is 6.34. The Hall–Kier alpha value is -2.15. The fourth-order valence-corrected chi connectivity index (χ4v) is 4.75. The number of thioether (sulfide) groups is 1. The number of thiocarbonyl (C=S) groups is 1. The van der Waals surface area contributed by atoms with Crippen molar-refractivity contribution in [2.75, 3.05) is 13.2 Å². The van der Waals surface area contributed by atoms with Crippen molar-refractivity contribution in [3.05, 3.63) is 70.1 Å². The van der Waals surface area contributed by atoms with E-state index in [1.807, 2.05) is 42.5 Å². The number of carbonyl (C=O) groups excluding carboxylic acids is 1. The highest BCUT2D eigenvalue weighted by molar-refractivity contribution is 8.26. The number of para-hydroxylation sites is 1. The van der Waals surface area contributed by atoms with E-state index in [9.17, 15) is 4.79 Å². The molecule has 2 fully saturated rings. The third kappa shape index (κ3) is 4.89. The van der Waals surface area contributed by atoms with Crippen molar-refractivity contribution in [3.63, 3.8) is 0 Å². The van der Waals surface area contributed by atoms with Gasteiger partial charge < -0.3 is 9.47 Å². The van der Waals surface area contributed by atoms with Crippen LogP contribution in [0.1, 0.15) is 29.5 Å².